The van der Waals surface area contributed by atoms with E-state index in [0.717, 1.165) is 48.4 Å². The van der Waals surface area contributed by atoms with Crippen molar-refractivity contribution in [2.45, 2.75) is 19.8 Å². The number of hydrogen-bond acceptors (Lipinski definition) is 4. The summed E-state index contributed by atoms with van der Waals surface area (Å²) < 4.78 is 5.25. The van der Waals surface area contributed by atoms with Crippen LogP contribution >= 0.6 is 0 Å². The van der Waals surface area contributed by atoms with Crippen LogP contribution < -0.4 is 10.1 Å². The van der Waals surface area contributed by atoms with E-state index in [1.165, 1.54) is 6.42 Å². The number of methoxy groups -OCH3 is 1. The van der Waals surface area contributed by atoms with Crippen LogP contribution in [0.25, 0.3) is 10.9 Å². The van der Waals surface area contributed by atoms with Gasteiger partial charge in [0.1, 0.15) is 5.75 Å². The second kappa shape index (κ2) is 7.18. The maximum Gasteiger partial charge on any atom is 0.255 e. The molecule has 0 bridgehead atoms. The number of rotatable bonds is 4. The van der Waals surface area contributed by atoms with Gasteiger partial charge in [-0.05, 0) is 57.5 Å². The third kappa shape index (κ3) is 3.36. The molecule has 1 unspecified atom stereocenters. The second-order valence-corrected chi connectivity index (χ2v) is 6.50. The molecule has 1 aromatic carbocycles. The van der Waals surface area contributed by atoms with Gasteiger partial charge in [-0.2, -0.15) is 0 Å². The van der Waals surface area contributed by atoms with Crippen molar-refractivity contribution in [3.05, 3.63) is 35.5 Å². The molecule has 24 heavy (non-hydrogen) atoms. The summed E-state index contributed by atoms with van der Waals surface area (Å²) in [6, 6.07) is 7.72. The van der Waals surface area contributed by atoms with E-state index in [2.05, 4.69) is 10.3 Å². The minimum atomic E-state index is 0.0959. The quantitative estimate of drug-likeness (QED) is 0.938. The summed E-state index contributed by atoms with van der Waals surface area (Å²) >= 11 is 0. The molecule has 1 aliphatic heterocycles. The lowest BCUT2D eigenvalue weighted by Crippen LogP contribution is -2.42. The van der Waals surface area contributed by atoms with Crippen molar-refractivity contribution in [2.75, 3.05) is 33.8 Å². The van der Waals surface area contributed by atoms with E-state index < -0.39 is 0 Å². The van der Waals surface area contributed by atoms with Gasteiger partial charge in [-0.1, -0.05) is 0 Å². The molecule has 2 aromatic rings. The molecule has 0 spiro atoms. The third-order valence-electron chi connectivity index (χ3n) is 4.74. The minimum Gasteiger partial charge on any atom is -0.497 e. The topological polar surface area (TPSA) is 54.5 Å². The van der Waals surface area contributed by atoms with Gasteiger partial charge >= 0.3 is 0 Å². The minimum absolute atomic E-state index is 0.0959. The Morgan fingerprint density at radius 3 is 3.00 bits per heavy atom. The highest BCUT2D eigenvalue weighted by atomic mass is 16.5. The smallest absolute Gasteiger partial charge is 0.255 e. The van der Waals surface area contributed by atoms with Crippen molar-refractivity contribution in [1.29, 1.82) is 0 Å². The molecule has 1 N–H and O–H groups in total. The first kappa shape index (κ1) is 16.7. The van der Waals surface area contributed by atoms with Gasteiger partial charge in [0.25, 0.3) is 5.91 Å². The largest absolute Gasteiger partial charge is 0.497 e. The Balaban J connectivity index is 1.87. The molecule has 1 amide bonds. The van der Waals surface area contributed by atoms with Crippen LogP contribution in [0, 0.1) is 12.8 Å². The number of carbonyl (C=O) groups is 1. The number of likely N-dealkylation sites (tertiary alicyclic amines) is 1. The Kier molecular flexibility index (Phi) is 5.00. The van der Waals surface area contributed by atoms with Crippen LogP contribution in [0.5, 0.6) is 5.75 Å². The molecule has 5 heteroatoms. The lowest BCUT2D eigenvalue weighted by atomic mass is 9.97. The van der Waals surface area contributed by atoms with Crippen LogP contribution in [-0.4, -0.2) is 49.6 Å². The zero-order chi connectivity index (χ0) is 17.1. The zero-order valence-electron chi connectivity index (χ0n) is 14.6. The molecule has 1 aliphatic rings. The molecule has 1 fully saturated rings. The highest BCUT2D eigenvalue weighted by Gasteiger charge is 2.25. The van der Waals surface area contributed by atoms with E-state index in [4.69, 9.17) is 4.74 Å². The molecule has 5 nitrogen and oxygen atoms in total. The number of nitrogens with zero attached hydrogens (tertiary/aromatic N) is 2. The van der Waals surface area contributed by atoms with E-state index in [1.807, 2.05) is 43.1 Å². The predicted molar refractivity (Wildman–Crippen MR) is 95.6 cm³/mol. The summed E-state index contributed by atoms with van der Waals surface area (Å²) in [5.41, 5.74) is 2.34. The van der Waals surface area contributed by atoms with E-state index in [1.54, 1.807) is 7.11 Å². The first-order valence-corrected chi connectivity index (χ1v) is 8.51. The summed E-state index contributed by atoms with van der Waals surface area (Å²) in [6.45, 7) is 4.51. The Morgan fingerprint density at radius 1 is 1.42 bits per heavy atom. The molecule has 0 aliphatic carbocycles. The van der Waals surface area contributed by atoms with E-state index >= 15 is 0 Å². The second-order valence-electron chi connectivity index (χ2n) is 6.50. The van der Waals surface area contributed by atoms with Crippen LogP contribution in [0.1, 0.15) is 28.9 Å². The molecule has 1 saturated heterocycles. The van der Waals surface area contributed by atoms with Crippen LogP contribution in [0.4, 0.5) is 0 Å². The van der Waals surface area contributed by atoms with Crippen molar-refractivity contribution in [1.82, 2.24) is 15.2 Å². The monoisotopic (exact) mass is 327 g/mol. The van der Waals surface area contributed by atoms with Crippen LogP contribution in [0.15, 0.2) is 24.3 Å². The van der Waals surface area contributed by atoms with Gasteiger partial charge in [-0.15, -0.1) is 0 Å². The molecule has 3 rings (SSSR count). The molecule has 2 heterocycles. The van der Waals surface area contributed by atoms with Gasteiger partial charge < -0.3 is 15.0 Å². The van der Waals surface area contributed by atoms with E-state index in [-0.39, 0.29) is 5.91 Å². The Hall–Kier alpha value is -2.14. The lowest BCUT2D eigenvalue weighted by Gasteiger charge is -2.33. The highest BCUT2D eigenvalue weighted by molar-refractivity contribution is 5.98. The lowest BCUT2D eigenvalue weighted by molar-refractivity contribution is 0.0673. The fourth-order valence-corrected chi connectivity index (χ4v) is 3.46. The number of aromatic nitrogens is 1. The standard InChI is InChI=1S/C19H25N3O2/c1-13-17(9-15-6-7-16(24-3)10-18(15)21-13)19(23)22-8-4-5-14(12-22)11-20-2/h6-7,9-10,14,20H,4-5,8,11-12H2,1-3H3. The average Bonchev–Trinajstić information content (AvgIpc) is 2.60. The first-order chi connectivity index (χ1) is 11.6. The molecule has 0 saturated carbocycles. The molecular weight excluding hydrogens is 302 g/mol. The summed E-state index contributed by atoms with van der Waals surface area (Å²) in [6.07, 6.45) is 2.24. The molecule has 1 atom stereocenters. The summed E-state index contributed by atoms with van der Waals surface area (Å²) in [4.78, 5) is 19.6. The SMILES string of the molecule is CNCC1CCCN(C(=O)c2cc3ccc(OC)cc3nc2C)C1. The van der Waals surface area contributed by atoms with Crippen LogP contribution in [0.2, 0.25) is 0 Å². The van der Waals surface area contributed by atoms with Gasteiger partial charge in [0.05, 0.1) is 23.9 Å². The summed E-state index contributed by atoms with van der Waals surface area (Å²) in [5.74, 6) is 1.41. The van der Waals surface area contributed by atoms with Crippen LogP contribution in [0.3, 0.4) is 0 Å². The first-order valence-electron chi connectivity index (χ1n) is 8.51. The van der Waals surface area contributed by atoms with Crippen molar-refractivity contribution < 1.29 is 9.53 Å². The number of hydrogen-bond donors (Lipinski definition) is 1. The van der Waals surface area contributed by atoms with Crippen molar-refractivity contribution >= 4 is 16.8 Å². The van der Waals surface area contributed by atoms with Gasteiger partial charge in [0.2, 0.25) is 0 Å². The van der Waals surface area contributed by atoms with Crippen LogP contribution in [-0.2, 0) is 0 Å². The number of aryl methyl sites for hydroxylation is 1. The molecule has 0 radical (unpaired) electrons. The Bertz CT molecular complexity index is 743. The van der Waals surface area contributed by atoms with Crippen molar-refractivity contribution in [2.24, 2.45) is 5.92 Å². The van der Waals surface area contributed by atoms with Gasteiger partial charge in [0, 0.05) is 24.5 Å². The third-order valence-corrected chi connectivity index (χ3v) is 4.74. The van der Waals surface area contributed by atoms with E-state index in [0.29, 0.717) is 11.5 Å². The number of ether oxygens (including phenoxy) is 1. The van der Waals surface area contributed by atoms with Gasteiger partial charge in [-0.3, -0.25) is 9.78 Å². The van der Waals surface area contributed by atoms with Gasteiger partial charge in [0.15, 0.2) is 0 Å². The maximum atomic E-state index is 13.0. The summed E-state index contributed by atoms with van der Waals surface area (Å²) in [5, 5.41) is 4.19. The molecule has 128 valence electrons. The number of benzene rings is 1. The van der Waals surface area contributed by atoms with E-state index in [9.17, 15) is 4.79 Å². The van der Waals surface area contributed by atoms with Crippen molar-refractivity contribution in [3.63, 3.8) is 0 Å². The number of fused-ring (bicyclic) bond motifs is 1. The Labute approximate surface area is 143 Å². The zero-order valence-corrected chi connectivity index (χ0v) is 14.6. The number of amides is 1. The maximum absolute atomic E-state index is 13.0. The number of piperidine rings is 1. The predicted octanol–water partition coefficient (Wildman–Crippen LogP) is 2.62. The van der Waals surface area contributed by atoms with Crippen molar-refractivity contribution in [3.8, 4) is 5.75 Å². The average molecular weight is 327 g/mol. The number of nitrogens with one attached hydrogen (secondary N) is 1. The normalized spacial score (nSPS) is 18.0. The highest BCUT2D eigenvalue weighted by Crippen LogP contribution is 2.24. The molecular formula is C19H25N3O2. The fourth-order valence-electron chi connectivity index (χ4n) is 3.46. The number of carbonyl (C=O) groups excluding carboxylic acids is 1. The fraction of sp³-hybridized carbons (Fsp3) is 0.474. The molecule has 1 aromatic heterocycles. The summed E-state index contributed by atoms with van der Waals surface area (Å²) in [7, 11) is 3.61. The Morgan fingerprint density at radius 2 is 2.25 bits per heavy atom. The van der Waals surface area contributed by atoms with Gasteiger partial charge in [-0.25, -0.2) is 0 Å². The number of pyridine rings is 1.